The number of carbonyl (C=O) groups is 1. The van der Waals surface area contributed by atoms with Gasteiger partial charge in [0.2, 0.25) is 10.0 Å². The molecule has 2 N–H and O–H groups in total. The van der Waals surface area contributed by atoms with E-state index in [2.05, 4.69) is 44.4 Å². The lowest BCUT2D eigenvalue weighted by Crippen LogP contribution is -2.55. The minimum absolute atomic E-state index is 0.0479. The molecule has 4 aromatic rings. The van der Waals surface area contributed by atoms with Gasteiger partial charge < -0.3 is 20.3 Å². The third-order valence-corrected chi connectivity index (χ3v) is 8.57. The largest absolute Gasteiger partial charge is 0.457 e. The molecule has 4 heterocycles. The summed E-state index contributed by atoms with van der Waals surface area (Å²) in [7, 11) is -1.60. The number of fused-ring (bicyclic) bond motifs is 2. The number of halogens is 1. The minimum atomic E-state index is -3.30. The Morgan fingerprint density at radius 2 is 1.85 bits per heavy atom. The summed E-state index contributed by atoms with van der Waals surface area (Å²) in [6.07, 6.45) is 4.07. The molecule has 2 saturated heterocycles. The monoisotopic (exact) mass is 582 g/mol. The number of piperazine rings is 1. The maximum atomic E-state index is 14.7. The predicted octanol–water partition coefficient (Wildman–Crippen LogP) is 2.12. The number of carbonyl (C=O) groups excluding carboxylic acids is 1. The highest BCUT2D eigenvalue weighted by atomic mass is 32.2. The molecule has 2 aliphatic rings. The van der Waals surface area contributed by atoms with E-state index in [4.69, 9.17) is 4.74 Å². The Bertz CT molecular complexity index is 1760. The van der Waals surface area contributed by atoms with E-state index in [-0.39, 0.29) is 48.0 Å². The van der Waals surface area contributed by atoms with Gasteiger partial charge in [0.1, 0.15) is 11.6 Å². The third-order valence-electron chi connectivity index (χ3n) is 7.34. The third kappa shape index (κ3) is 5.42. The zero-order valence-electron chi connectivity index (χ0n) is 23.1. The van der Waals surface area contributed by atoms with Crippen molar-refractivity contribution in [2.24, 2.45) is 7.05 Å². The van der Waals surface area contributed by atoms with Gasteiger partial charge in [-0.3, -0.25) is 9.48 Å². The van der Waals surface area contributed by atoms with E-state index in [0.717, 1.165) is 25.0 Å². The molecule has 2 fully saturated rings. The molecule has 216 valence electrons. The summed E-state index contributed by atoms with van der Waals surface area (Å²) in [5.41, 5.74) is 2.05. The number of sulfonamides is 1. The number of nitrogens with one attached hydrogen (secondary N) is 2. The van der Waals surface area contributed by atoms with Gasteiger partial charge in [-0.15, -0.1) is 0 Å². The summed E-state index contributed by atoms with van der Waals surface area (Å²) in [5, 5.41) is 11.7. The number of hydrogen-bond donors (Lipinski definition) is 2. The molecule has 2 aromatic carbocycles. The predicted molar refractivity (Wildman–Crippen MR) is 153 cm³/mol. The number of hydrogen-bond acceptors (Lipinski definition) is 9. The molecule has 6 rings (SSSR count). The second-order valence-electron chi connectivity index (χ2n) is 10.9. The van der Waals surface area contributed by atoms with E-state index < -0.39 is 27.9 Å². The Balaban J connectivity index is 1.35. The maximum absolute atomic E-state index is 14.7. The Hall–Kier alpha value is -3.88. The van der Waals surface area contributed by atoms with Gasteiger partial charge in [0.05, 0.1) is 30.4 Å². The number of benzene rings is 2. The first-order valence-electron chi connectivity index (χ1n) is 13.3. The summed E-state index contributed by atoms with van der Waals surface area (Å²) in [6, 6.07) is 7.05. The van der Waals surface area contributed by atoms with Crippen LogP contribution in [0.15, 0.2) is 36.7 Å². The molecule has 0 aliphatic carbocycles. The maximum Gasteiger partial charge on any atom is 0.317 e. The number of rotatable bonds is 6. The highest BCUT2D eigenvalue weighted by Gasteiger charge is 2.35. The van der Waals surface area contributed by atoms with Crippen molar-refractivity contribution in [3.05, 3.63) is 48.0 Å². The summed E-state index contributed by atoms with van der Waals surface area (Å²) in [4.78, 5) is 24.8. The first kappa shape index (κ1) is 27.3. The Morgan fingerprint density at radius 3 is 2.56 bits per heavy atom. The lowest BCUT2D eigenvalue weighted by Gasteiger charge is -2.38. The van der Waals surface area contributed by atoms with Crippen molar-refractivity contribution in [1.82, 2.24) is 29.4 Å². The van der Waals surface area contributed by atoms with Crippen LogP contribution in [0.5, 0.6) is 6.01 Å². The molecular formula is C27H31FN8O4S. The molecule has 41 heavy (non-hydrogen) atoms. The van der Waals surface area contributed by atoms with E-state index in [9.17, 15) is 17.6 Å². The van der Waals surface area contributed by atoms with Gasteiger partial charge in [0, 0.05) is 66.8 Å². The smallest absolute Gasteiger partial charge is 0.317 e. The molecule has 14 heteroatoms. The summed E-state index contributed by atoms with van der Waals surface area (Å²) < 4.78 is 46.9. The first-order chi connectivity index (χ1) is 19.4. The Labute approximate surface area is 236 Å². The fraction of sp³-hybridized carbons (Fsp3) is 0.407. The number of aryl methyl sites for hydroxylation is 1. The van der Waals surface area contributed by atoms with Gasteiger partial charge in [0.15, 0.2) is 5.82 Å². The number of aromatic nitrogens is 4. The molecule has 0 unspecified atom stereocenters. The van der Waals surface area contributed by atoms with Gasteiger partial charge in [0.25, 0.3) is 5.91 Å². The molecule has 0 radical (unpaired) electrons. The fourth-order valence-corrected chi connectivity index (χ4v) is 6.38. The minimum Gasteiger partial charge on any atom is -0.457 e. The topological polar surface area (TPSA) is 135 Å². The second-order valence-corrected chi connectivity index (χ2v) is 12.9. The van der Waals surface area contributed by atoms with E-state index in [1.54, 1.807) is 31.6 Å². The normalized spacial score (nSPS) is 20.4. The molecule has 2 aromatic heterocycles. The van der Waals surface area contributed by atoms with E-state index >= 15 is 0 Å². The van der Waals surface area contributed by atoms with E-state index in [1.807, 2.05) is 6.07 Å². The Kier molecular flexibility index (Phi) is 6.78. The van der Waals surface area contributed by atoms with Crippen molar-refractivity contribution in [2.75, 3.05) is 42.7 Å². The number of nitrogens with zero attached hydrogens (tertiary/aromatic N) is 6. The van der Waals surface area contributed by atoms with Gasteiger partial charge in [-0.1, -0.05) is 0 Å². The van der Waals surface area contributed by atoms with Crippen LogP contribution >= 0.6 is 0 Å². The van der Waals surface area contributed by atoms with Crippen LogP contribution in [0, 0.1) is 5.82 Å². The molecule has 0 spiro atoms. The highest BCUT2D eigenvalue weighted by molar-refractivity contribution is 7.88. The van der Waals surface area contributed by atoms with E-state index in [1.165, 1.54) is 15.1 Å². The molecular weight excluding hydrogens is 551 g/mol. The number of anilines is 2. The molecule has 12 nitrogen and oxygen atoms in total. The van der Waals surface area contributed by atoms with Gasteiger partial charge in [-0.2, -0.15) is 14.4 Å². The van der Waals surface area contributed by atoms with Gasteiger partial charge in [-0.25, -0.2) is 17.8 Å². The van der Waals surface area contributed by atoms with Crippen molar-refractivity contribution >= 4 is 49.1 Å². The van der Waals surface area contributed by atoms with Crippen molar-refractivity contribution in [2.45, 2.75) is 32.0 Å². The average Bonchev–Trinajstić information content (AvgIpc) is 3.24. The lowest BCUT2D eigenvalue weighted by atomic mass is 10.0. The molecule has 0 saturated carbocycles. The number of amides is 1. The molecule has 0 bridgehead atoms. The lowest BCUT2D eigenvalue weighted by molar-refractivity contribution is 0.0684. The summed E-state index contributed by atoms with van der Waals surface area (Å²) in [5.74, 6) is -1.01. The van der Waals surface area contributed by atoms with Crippen molar-refractivity contribution < 1.29 is 22.3 Å². The van der Waals surface area contributed by atoms with Crippen molar-refractivity contribution in [3.63, 3.8) is 0 Å². The van der Waals surface area contributed by atoms with Crippen LogP contribution < -0.4 is 20.3 Å². The first-order valence-corrected chi connectivity index (χ1v) is 15.2. The SMILES string of the molecule is C[C@@H]1CN(c2ccc(C(=O)Nc3cc(F)c4nn(C)cc4c3)c3nc(OC4CN(S(C)(=O)=O)C4)ncc23)C[C@@H](C)N1. The summed E-state index contributed by atoms with van der Waals surface area (Å²) in [6.45, 7) is 6.16. The zero-order chi connectivity index (χ0) is 29.1. The average molecular weight is 583 g/mol. The van der Waals surface area contributed by atoms with Crippen LogP contribution in [-0.2, 0) is 17.1 Å². The molecule has 1 amide bonds. The van der Waals surface area contributed by atoms with Crippen LogP contribution in [0.2, 0.25) is 0 Å². The van der Waals surface area contributed by atoms with Crippen molar-refractivity contribution in [3.8, 4) is 6.01 Å². The zero-order valence-corrected chi connectivity index (χ0v) is 23.9. The Morgan fingerprint density at radius 1 is 1.12 bits per heavy atom. The van der Waals surface area contributed by atoms with E-state index in [0.29, 0.717) is 16.3 Å². The van der Waals surface area contributed by atoms with Crippen LogP contribution in [-0.4, -0.2) is 89.0 Å². The standard InChI is InChI=1S/C27H31FN8O4S/c1-15-10-35(11-16(2)30-15)23-6-5-20(26(37)31-18-7-17-12-34(3)33-24(17)22(28)8-18)25-21(23)9-29-27(32-25)40-19-13-36(14-19)41(4,38)39/h5-9,12,15-16,19,30H,10-11,13-14H2,1-4H3,(H,31,37)/t15-,16-/m1/s1. The quantitative estimate of drug-likeness (QED) is 0.351. The van der Waals surface area contributed by atoms with Gasteiger partial charge >= 0.3 is 6.01 Å². The highest BCUT2D eigenvalue weighted by Crippen LogP contribution is 2.32. The summed E-state index contributed by atoms with van der Waals surface area (Å²) >= 11 is 0. The van der Waals surface area contributed by atoms with Crippen molar-refractivity contribution in [1.29, 1.82) is 0 Å². The van der Waals surface area contributed by atoms with Crippen LogP contribution in [0.1, 0.15) is 24.2 Å². The second kappa shape index (κ2) is 10.2. The fourth-order valence-electron chi connectivity index (χ4n) is 5.51. The van der Waals surface area contributed by atoms with Crippen LogP contribution in [0.3, 0.4) is 0 Å². The van der Waals surface area contributed by atoms with Crippen LogP contribution in [0.4, 0.5) is 15.8 Å². The van der Waals surface area contributed by atoms with Crippen LogP contribution in [0.25, 0.3) is 21.8 Å². The molecule has 2 aliphatic heterocycles. The molecule has 2 atom stereocenters. The number of ether oxygens (including phenoxy) is 1. The van der Waals surface area contributed by atoms with Gasteiger partial charge in [-0.05, 0) is 38.1 Å².